The van der Waals surface area contributed by atoms with Crippen LogP contribution in [0.15, 0.2) is 0 Å². The van der Waals surface area contributed by atoms with Crippen LogP contribution in [0, 0.1) is 0 Å². The van der Waals surface area contributed by atoms with Crippen molar-refractivity contribution in [2.45, 2.75) is 84.5 Å². The third kappa shape index (κ3) is 13.5. The average Bonchev–Trinajstić information content (AvgIpc) is 2.37. The summed E-state index contributed by atoms with van der Waals surface area (Å²) in [5, 5.41) is 0. The minimum Gasteiger partial charge on any atom is -0.371 e. The minimum absolute atomic E-state index is 0.111. The van der Waals surface area contributed by atoms with Crippen LogP contribution in [0.1, 0.15) is 84.5 Å². The second kappa shape index (κ2) is 14.5. The van der Waals surface area contributed by atoms with Gasteiger partial charge in [-0.05, 0) is 12.8 Å². The molecule has 0 aromatic rings. The van der Waals surface area contributed by atoms with E-state index < -0.39 is 0 Å². The van der Waals surface area contributed by atoms with Crippen LogP contribution in [0.4, 0.5) is 0 Å². The summed E-state index contributed by atoms with van der Waals surface area (Å²) in [6.45, 7) is 5.16. The molecule has 0 saturated carbocycles. The molecule has 0 aliphatic heterocycles. The monoisotopic (exact) mass is 257 g/mol. The van der Waals surface area contributed by atoms with Crippen molar-refractivity contribution in [1.29, 1.82) is 0 Å². The normalized spacial score (nSPS) is 10.6. The highest BCUT2D eigenvalue weighted by Gasteiger charge is 2.02. The van der Waals surface area contributed by atoms with E-state index in [4.69, 9.17) is 4.84 Å². The Hall–Kier alpha value is -0.570. The molecule has 0 amide bonds. The van der Waals surface area contributed by atoms with Crippen LogP contribution in [0.25, 0.3) is 0 Å². The molecule has 0 saturated heterocycles. The zero-order chi connectivity index (χ0) is 13.5. The van der Waals surface area contributed by atoms with Gasteiger partial charge in [0.25, 0.3) is 0 Å². The highest BCUT2D eigenvalue weighted by Crippen LogP contribution is 2.08. The average molecular weight is 257 g/mol. The lowest BCUT2D eigenvalue weighted by Crippen LogP contribution is -2.20. The molecule has 1 N–H and O–H groups in total. The molecular weight excluding hydrogens is 226 g/mol. The second-order valence-electron chi connectivity index (χ2n) is 4.95. The molecule has 0 unspecified atom stereocenters. The fraction of sp³-hybridized carbons (Fsp3) is 0.933. The standard InChI is InChI=1S/C15H31NO2/c1-3-5-7-8-9-10-11-13-15(17)18-16-14-12-6-4-2/h16H,3-14H2,1-2H3. The molecule has 0 aromatic carbocycles. The molecular formula is C15H31NO2. The number of rotatable bonds is 13. The van der Waals surface area contributed by atoms with Crippen LogP contribution < -0.4 is 5.48 Å². The Morgan fingerprint density at radius 2 is 1.39 bits per heavy atom. The predicted molar refractivity (Wildman–Crippen MR) is 76.2 cm³/mol. The van der Waals surface area contributed by atoms with Gasteiger partial charge in [0.1, 0.15) is 0 Å². The molecule has 108 valence electrons. The Balaban J connectivity index is 3.12. The van der Waals surface area contributed by atoms with Gasteiger partial charge in [-0.15, -0.1) is 0 Å². The van der Waals surface area contributed by atoms with E-state index in [1.54, 1.807) is 0 Å². The van der Waals surface area contributed by atoms with E-state index in [0.717, 1.165) is 25.8 Å². The zero-order valence-electron chi connectivity index (χ0n) is 12.3. The molecule has 18 heavy (non-hydrogen) atoms. The van der Waals surface area contributed by atoms with Crippen molar-refractivity contribution in [3.8, 4) is 0 Å². The first kappa shape index (κ1) is 17.4. The van der Waals surface area contributed by atoms with Gasteiger partial charge in [0.2, 0.25) is 0 Å². The maximum absolute atomic E-state index is 11.3. The van der Waals surface area contributed by atoms with Crippen LogP contribution in [-0.4, -0.2) is 12.5 Å². The lowest BCUT2D eigenvalue weighted by Gasteiger charge is -2.05. The van der Waals surface area contributed by atoms with E-state index in [1.807, 2.05) is 0 Å². The molecule has 0 bridgehead atoms. The maximum atomic E-state index is 11.3. The van der Waals surface area contributed by atoms with Gasteiger partial charge in [0.05, 0.1) is 0 Å². The maximum Gasteiger partial charge on any atom is 0.324 e. The van der Waals surface area contributed by atoms with Crippen molar-refractivity contribution in [1.82, 2.24) is 5.48 Å². The van der Waals surface area contributed by atoms with Gasteiger partial charge in [-0.2, -0.15) is 5.48 Å². The highest BCUT2D eigenvalue weighted by atomic mass is 16.7. The van der Waals surface area contributed by atoms with Crippen molar-refractivity contribution in [2.75, 3.05) is 6.54 Å². The van der Waals surface area contributed by atoms with Crippen LogP contribution >= 0.6 is 0 Å². The van der Waals surface area contributed by atoms with Gasteiger partial charge in [0.15, 0.2) is 0 Å². The first-order chi connectivity index (χ1) is 8.81. The molecule has 0 aliphatic carbocycles. The molecule has 0 fully saturated rings. The van der Waals surface area contributed by atoms with Crippen LogP contribution in [-0.2, 0) is 9.63 Å². The zero-order valence-corrected chi connectivity index (χ0v) is 12.3. The number of unbranched alkanes of at least 4 members (excludes halogenated alkanes) is 8. The second-order valence-corrected chi connectivity index (χ2v) is 4.95. The van der Waals surface area contributed by atoms with E-state index in [1.165, 1.54) is 44.9 Å². The number of hydroxylamine groups is 1. The first-order valence-corrected chi connectivity index (χ1v) is 7.73. The van der Waals surface area contributed by atoms with Crippen molar-refractivity contribution in [2.24, 2.45) is 0 Å². The van der Waals surface area contributed by atoms with Crippen molar-refractivity contribution in [3.05, 3.63) is 0 Å². The lowest BCUT2D eigenvalue weighted by molar-refractivity contribution is -0.151. The first-order valence-electron chi connectivity index (χ1n) is 7.73. The van der Waals surface area contributed by atoms with E-state index >= 15 is 0 Å². The summed E-state index contributed by atoms with van der Waals surface area (Å²) in [6, 6.07) is 0. The third-order valence-electron chi connectivity index (χ3n) is 3.05. The van der Waals surface area contributed by atoms with Gasteiger partial charge in [-0.1, -0.05) is 65.2 Å². The summed E-state index contributed by atoms with van der Waals surface area (Å²) in [7, 11) is 0. The molecule has 0 aromatic heterocycles. The largest absolute Gasteiger partial charge is 0.371 e. The van der Waals surface area contributed by atoms with Crippen LogP contribution in [0.5, 0.6) is 0 Å². The Bertz CT molecular complexity index is 183. The molecule has 3 nitrogen and oxygen atoms in total. The minimum atomic E-state index is -0.111. The van der Waals surface area contributed by atoms with Crippen molar-refractivity contribution < 1.29 is 9.63 Å². The quantitative estimate of drug-likeness (QED) is 0.393. The Labute approximate surface area is 113 Å². The number of hydrogen-bond acceptors (Lipinski definition) is 3. The highest BCUT2D eigenvalue weighted by molar-refractivity contribution is 5.68. The van der Waals surface area contributed by atoms with Gasteiger partial charge in [-0.25, -0.2) is 0 Å². The Morgan fingerprint density at radius 3 is 2.06 bits per heavy atom. The fourth-order valence-electron chi connectivity index (χ4n) is 1.86. The number of carbonyl (C=O) groups is 1. The Morgan fingerprint density at radius 1 is 0.833 bits per heavy atom. The summed E-state index contributed by atoms with van der Waals surface area (Å²) in [4.78, 5) is 16.3. The van der Waals surface area contributed by atoms with E-state index in [0.29, 0.717) is 6.42 Å². The SMILES string of the molecule is CCCCCCCCCC(=O)ONCCCCC. The molecule has 0 aliphatic rings. The van der Waals surface area contributed by atoms with Gasteiger partial charge in [-0.3, -0.25) is 4.79 Å². The van der Waals surface area contributed by atoms with Gasteiger partial charge < -0.3 is 4.84 Å². The summed E-state index contributed by atoms with van der Waals surface area (Å²) >= 11 is 0. The van der Waals surface area contributed by atoms with Gasteiger partial charge in [0, 0.05) is 13.0 Å². The molecule has 0 spiro atoms. The number of nitrogens with one attached hydrogen (secondary N) is 1. The summed E-state index contributed by atoms with van der Waals surface area (Å²) in [6.07, 6.45) is 12.6. The number of hydrogen-bond donors (Lipinski definition) is 1. The molecule has 3 heteroatoms. The summed E-state index contributed by atoms with van der Waals surface area (Å²) < 4.78 is 0. The van der Waals surface area contributed by atoms with Crippen LogP contribution in [0.3, 0.4) is 0 Å². The predicted octanol–water partition coefficient (Wildman–Crippen LogP) is 4.37. The molecule has 0 atom stereocenters. The molecule has 0 heterocycles. The summed E-state index contributed by atoms with van der Waals surface area (Å²) in [5.41, 5.74) is 2.74. The fourth-order valence-corrected chi connectivity index (χ4v) is 1.86. The van der Waals surface area contributed by atoms with Crippen LogP contribution in [0.2, 0.25) is 0 Å². The van der Waals surface area contributed by atoms with Crippen molar-refractivity contribution in [3.63, 3.8) is 0 Å². The lowest BCUT2D eigenvalue weighted by atomic mass is 10.1. The van der Waals surface area contributed by atoms with E-state index in [-0.39, 0.29) is 5.97 Å². The van der Waals surface area contributed by atoms with Crippen molar-refractivity contribution >= 4 is 5.97 Å². The number of carbonyl (C=O) groups excluding carboxylic acids is 1. The third-order valence-corrected chi connectivity index (χ3v) is 3.05. The molecule has 0 rings (SSSR count). The topological polar surface area (TPSA) is 38.3 Å². The molecule has 0 radical (unpaired) electrons. The summed E-state index contributed by atoms with van der Waals surface area (Å²) in [5.74, 6) is -0.111. The van der Waals surface area contributed by atoms with Gasteiger partial charge >= 0.3 is 5.97 Å². The van der Waals surface area contributed by atoms with E-state index in [9.17, 15) is 4.79 Å². The van der Waals surface area contributed by atoms with E-state index in [2.05, 4.69) is 19.3 Å². The smallest absolute Gasteiger partial charge is 0.324 e. The Kier molecular flexibility index (Phi) is 14.0.